The fraction of sp³-hybridized carbons (Fsp3) is 0.562. The number of carbonyl (C=O) groups is 1. The monoisotopic (exact) mass is 258 g/mol. The van der Waals surface area contributed by atoms with E-state index in [1.165, 1.54) is 24.0 Å². The van der Waals surface area contributed by atoms with Crippen LogP contribution in [-0.2, 0) is 17.9 Å². The van der Waals surface area contributed by atoms with Crippen LogP contribution in [0.25, 0.3) is 0 Å². The summed E-state index contributed by atoms with van der Waals surface area (Å²) >= 11 is 0. The van der Waals surface area contributed by atoms with E-state index in [0.29, 0.717) is 0 Å². The van der Waals surface area contributed by atoms with Crippen LogP contribution in [0, 0.1) is 5.92 Å². The molecule has 1 aromatic rings. The third kappa shape index (κ3) is 2.52. The molecule has 0 saturated heterocycles. The highest BCUT2D eigenvalue weighted by atomic mass is 16.2. The number of rotatable bonds is 1. The Morgan fingerprint density at radius 3 is 2.37 bits per heavy atom. The Morgan fingerprint density at radius 2 is 1.68 bits per heavy atom. The molecule has 1 heterocycles. The zero-order valence-electron chi connectivity index (χ0n) is 11.3. The van der Waals surface area contributed by atoms with Crippen LogP contribution in [0.3, 0.4) is 0 Å². The molecule has 1 fully saturated rings. The summed E-state index contributed by atoms with van der Waals surface area (Å²) in [5.74, 6) is 0.308. The lowest BCUT2D eigenvalue weighted by molar-refractivity contribution is -0.137. The zero-order valence-corrected chi connectivity index (χ0v) is 11.3. The summed E-state index contributed by atoms with van der Waals surface area (Å²) in [5.41, 5.74) is 8.78. The van der Waals surface area contributed by atoms with Gasteiger partial charge < -0.3 is 10.6 Å². The van der Waals surface area contributed by atoms with Crippen molar-refractivity contribution >= 4 is 5.91 Å². The van der Waals surface area contributed by atoms with Crippen molar-refractivity contribution < 1.29 is 4.79 Å². The van der Waals surface area contributed by atoms with Crippen LogP contribution in [0.1, 0.15) is 43.2 Å². The first kappa shape index (κ1) is 12.7. The van der Waals surface area contributed by atoms with Crippen LogP contribution in [0.5, 0.6) is 0 Å². The highest BCUT2D eigenvalue weighted by molar-refractivity contribution is 5.80. The summed E-state index contributed by atoms with van der Waals surface area (Å²) in [6.07, 6.45) is 5.50. The highest BCUT2D eigenvalue weighted by Crippen LogP contribution is 2.28. The van der Waals surface area contributed by atoms with Gasteiger partial charge in [0, 0.05) is 19.1 Å². The third-order valence-corrected chi connectivity index (χ3v) is 4.54. The number of benzene rings is 1. The van der Waals surface area contributed by atoms with Gasteiger partial charge in [-0.25, -0.2) is 0 Å². The van der Waals surface area contributed by atoms with Gasteiger partial charge in [0.05, 0.1) is 5.92 Å². The van der Waals surface area contributed by atoms with Crippen molar-refractivity contribution in [2.45, 2.75) is 51.2 Å². The van der Waals surface area contributed by atoms with Crippen LogP contribution >= 0.6 is 0 Å². The molecule has 19 heavy (non-hydrogen) atoms. The van der Waals surface area contributed by atoms with Gasteiger partial charge in [-0.15, -0.1) is 0 Å². The molecule has 0 spiro atoms. The highest BCUT2D eigenvalue weighted by Gasteiger charge is 2.32. The Morgan fingerprint density at radius 1 is 1.05 bits per heavy atom. The largest absolute Gasteiger partial charge is 0.334 e. The maximum absolute atomic E-state index is 12.7. The van der Waals surface area contributed by atoms with Gasteiger partial charge in [0.2, 0.25) is 5.91 Å². The van der Waals surface area contributed by atoms with Crippen LogP contribution < -0.4 is 5.73 Å². The second kappa shape index (κ2) is 5.33. The minimum Gasteiger partial charge on any atom is -0.334 e. The number of hydrogen-bond acceptors (Lipinski definition) is 2. The van der Waals surface area contributed by atoms with E-state index in [2.05, 4.69) is 12.1 Å². The van der Waals surface area contributed by atoms with Gasteiger partial charge >= 0.3 is 0 Å². The molecular formula is C16H22N2O. The number of nitrogens with two attached hydrogens (primary N) is 1. The average Bonchev–Trinajstić information content (AvgIpc) is 2.74. The van der Waals surface area contributed by atoms with E-state index in [9.17, 15) is 4.79 Å². The molecule has 0 aromatic heterocycles. The van der Waals surface area contributed by atoms with E-state index >= 15 is 0 Å². The van der Waals surface area contributed by atoms with Crippen LogP contribution in [0.4, 0.5) is 0 Å². The molecule has 3 heteroatoms. The van der Waals surface area contributed by atoms with Gasteiger partial charge in [0.25, 0.3) is 0 Å². The van der Waals surface area contributed by atoms with Crippen LogP contribution in [0.2, 0.25) is 0 Å². The number of nitrogens with zero attached hydrogens (tertiary/aromatic N) is 1. The summed E-state index contributed by atoms with van der Waals surface area (Å²) in [7, 11) is 0. The van der Waals surface area contributed by atoms with E-state index in [-0.39, 0.29) is 17.9 Å². The van der Waals surface area contributed by atoms with Crippen molar-refractivity contribution in [3.63, 3.8) is 0 Å². The molecule has 2 aliphatic rings. The van der Waals surface area contributed by atoms with E-state index < -0.39 is 0 Å². The maximum Gasteiger partial charge on any atom is 0.227 e. The van der Waals surface area contributed by atoms with E-state index in [1.54, 1.807) is 0 Å². The fourth-order valence-corrected chi connectivity index (χ4v) is 3.37. The number of amides is 1. The molecule has 2 N–H and O–H groups in total. The first-order valence-electron chi connectivity index (χ1n) is 7.37. The first-order chi connectivity index (χ1) is 9.25. The Labute approximate surface area is 114 Å². The van der Waals surface area contributed by atoms with Crippen LogP contribution in [-0.4, -0.2) is 16.8 Å². The second-order valence-electron chi connectivity index (χ2n) is 5.87. The van der Waals surface area contributed by atoms with Crippen molar-refractivity contribution in [1.29, 1.82) is 0 Å². The number of fused-ring (bicyclic) bond motifs is 1. The van der Waals surface area contributed by atoms with Gasteiger partial charge in [-0.2, -0.15) is 0 Å². The summed E-state index contributed by atoms with van der Waals surface area (Å²) in [6.45, 7) is 1.52. The molecule has 2 atom stereocenters. The predicted octanol–water partition coefficient (Wildman–Crippen LogP) is 2.44. The molecular weight excluding hydrogens is 236 g/mol. The summed E-state index contributed by atoms with van der Waals surface area (Å²) in [6, 6.07) is 8.39. The fourth-order valence-electron chi connectivity index (χ4n) is 3.37. The topological polar surface area (TPSA) is 46.3 Å². The average molecular weight is 258 g/mol. The van der Waals surface area contributed by atoms with E-state index in [1.807, 2.05) is 17.0 Å². The minimum atomic E-state index is 0.0387. The molecule has 3 nitrogen and oxygen atoms in total. The van der Waals surface area contributed by atoms with Gasteiger partial charge in [-0.05, 0) is 24.0 Å². The van der Waals surface area contributed by atoms with Crippen molar-refractivity contribution in [1.82, 2.24) is 4.90 Å². The normalized spacial score (nSPS) is 26.9. The Kier molecular flexibility index (Phi) is 3.56. The Hall–Kier alpha value is -1.35. The van der Waals surface area contributed by atoms with Crippen LogP contribution in [0.15, 0.2) is 24.3 Å². The first-order valence-corrected chi connectivity index (χ1v) is 7.37. The SMILES string of the molecule is NC1CCCCCC1C(=O)N1Cc2ccccc2C1. The molecule has 1 saturated carbocycles. The van der Waals surface area contributed by atoms with E-state index in [4.69, 9.17) is 5.73 Å². The molecule has 1 aliphatic heterocycles. The summed E-state index contributed by atoms with van der Waals surface area (Å²) in [4.78, 5) is 14.7. The van der Waals surface area contributed by atoms with Crippen molar-refractivity contribution in [3.05, 3.63) is 35.4 Å². The van der Waals surface area contributed by atoms with Gasteiger partial charge in [-0.3, -0.25) is 4.79 Å². The lowest BCUT2D eigenvalue weighted by atomic mass is 9.94. The number of carbonyl (C=O) groups excluding carboxylic acids is 1. The molecule has 3 rings (SSSR count). The molecule has 1 aromatic carbocycles. The molecule has 0 radical (unpaired) electrons. The lowest BCUT2D eigenvalue weighted by Gasteiger charge is -2.26. The lowest BCUT2D eigenvalue weighted by Crippen LogP contribution is -2.41. The summed E-state index contributed by atoms with van der Waals surface area (Å²) in [5, 5.41) is 0. The van der Waals surface area contributed by atoms with Gasteiger partial charge in [0.15, 0.2) is 0 Å². The molecule has 102 valence electrons. The molecule has 1 amide bonds. The predicted molar refractivity (Wildman–Crippen MR) is 75.2 cm³/mol. The quantitative estimate of drug-likeness (QED) is 0.786. The zero-order chi connectivity index (χ0) is 13.2. The second-order valence-corrected chi connectivity index (χ2v) is 5.87. The summed E-state index contributed by atoms with van der Waals surface area (Å²) < 4.78 is 0. The van der Waals surface area contributed by atoms with Gasteiger partial charge in [0.1, 0.15) is 0 Å². The standard InChI is InChI=1S/C16H22N2O/c17-15-9-3-1-2-8-14(15)16(19)18-10-12-6-4-5-7-13(12)11-18/h4-7,14-15H,1-3,8-11,17H2. The molecule has 0 bridgehead atoms. The maximum atomic E-state index is 12.7. The third-order valence-electron chi connectivity index (χ3n) is 4.54. The smallest absolute Gasteiger partial charge is 0.227 e. The van der Waals surface area contributed by atoms with Crippen molar-refractivity contribution in [3.8, 4) is 0 Å². The molecule has 2 unspecified atom stereocenters. The van der Waals surface area contributed by atoms with Crippen molar-refractivity contribution in [2.24, 2.45) is 11.7 Å². The Balaban J connectivity index is 1.72. The van der Waals surface area contributed by atoms with Crippen molar-refractivity contribution in [2.75, 3.05) is 0 Å². The van der Waals surface area contributed by atoms with E-state index in [0.717, 1.165) is 32.4 Å². The number of hydrogen-bond donors (Lipinski definition) is 1. The van der Waals surface area contributed by atoms with Gasteiger partial charge in [-0.1, -0.05) is 43.5 Å². The minimum absolute atomic E-state index is 0.0387. The Bertz CT molecular complexity index is 447. The molecule has 1 aliphatic carbocycles.